The fraction of sp³-hybridized carbons (Fsp3) is 0.267. The van der Waals surface area contributed by atoms with Gasteiger partial charge in [0.25, 0.3) is 5.56 Å². The Kier molecular flexibility index (Phi) is 4.84. The maximum atomic E-state index is 13.4. The number of alkyl halides is 8. The van der Waals surface area contributed by atoms with Crippen molar-refractivity contribution >= 4 is 17.2 Å². The van der Waals surface area contributed by atoms with E-state index in [-0.39, 0.29) is 9.70 Å². The van der Waals surface area contributed by atoms with Crippen LogP contribution in [0.1, 0.15) is 5.69 Å². The third-order valence-corrected chi connectivity index (χ3v) is 3.98. The molecular weight excluding hydrogens is 440 g/mol. The average molecular weight is 447 g/mol. The van der Waals surface area contributed by atoms with Gasteiger partial charge in [0.15, 0.2) is 5.69 Å². The highest BCUT2D eigenvalue weighted by Gasteiger charge is 2.57. The minimum Gasteiger partial charge on any atom is -0.268 e. The van der Waals surface area contributed by atoms with Crippen LogP contribution in [0.25, 0.3) is 16.8 Å². The summed E-state index contributed by atoms with van der Waals surface area (Å²) in [5.41, 5.74) is -5.01. The molecule has 0 bridgehead atoms. The summed E-state index contributed by atoms with van der Waals surface area (Å²) in [5.74, 6) is -5.19. The molecule has 3 rings (SSSR count). The molecule has 0 N–H and O–H groups in total. The lowest BCUT2D eigenvalue weighted by Gasteiger charge is -2.19. The van der Waals surface area contributed by atoms with Crippen molar-refractivity contribution in [1.29, 1.82) is 0 Å². The van der Waals surface area contributed by atoms with E-state index in [9.17, 15) is 39.9 Å². The lowest BCUT2D eigenvalue weighted by molar-refractivity contribution is -0.287. The van der Waals surface area contributed by atoms with Crippen molar-refractivity contribution in [3.63, 3.8) is 0 Å². The van der Waals surface area contributed by atoms with E-state index in [1.54, 1.807) is 0 Å². The summed E-state index contributed by atoms with van der Waals surface area (Å²) in [4.78, 5) is 16.0. The van der Waals surface area contributed by atoms with Crippen LogP contribution in [0.3, 0.4) is 0 Å². The molecule has 0 radical (unpaired) electrons. The highest BCUT2D eigenvalue weighted by Crippen LogP contribution is 2.37. The molecule has 3 aromatic rings. The molecule has 0 amide bonds. The molecule has 5 nitrogen and oxygen atoms in total. The minimum absolute atomic E-state index is 0.00683. The number of aromatic nitrogens is 4. The third kappa shape index (κ3) is 3.91. The normalized spacial score (nSPS) is 13.3. The summed E-state index contributed by atoms with van der Waals surface area (Å²) in [6.07, 6.45) is -8.99. The van der Waals surface area contributed by atoms with Gasteiger partial charge in [0.1, 0.15) is 12.2 Å². The van der Waals surface area contributed by atoms with Gasteiger partial charge in [-0.05, 0) is 12.1 Å². The second-order valence-corrected chi connectivity index (χ2v) is 6.28. The quantitative estimate of drug-likeness (QED) is 0.559. The Bertz CT molecular complexity index is 1130. The molecule has 0 aliphatic heterocycles. The second kappa shape index (κ2) is 6.68. The Hall–Kier alpha value is -2.70. The zero-order valence-corrected chi connectivity index (χ0v) is 14.4. The lowest BCUT2D eigenvalue weighted by Crippen LogP contribution is -2.40. The monoisotopic (exact) mass is 446 g/mol. The van der Waals surface area contributed by atoms with Crippen molar-refractivity contribution in [2.24, 2.45) is 0 Å². The maximum absolute atomic E-state index is 13.4. The standard InChI is InChI=1S/C15H7ClF8N4O/c16-8-1-2-9-26-11(14(19,20)21)10(12(29)28(9)5-8)7-3-25-27(4-7)6-13(17,18)15(22,23)24/h1-5H,6H2. The van der Waals surface area contributed by atoms with Gasteiger partial charge in [-0.25, -0.2) is 4.98 Å². The van der Waals surface area contributed by atoms with Gasteiger partial charge in [-0.15, -0.1) is 0 Å². The molecule has 0 aliphatic carbocycles. The Morgan fingerprint density at radius 3 is 2.24 bits per heavy atom. The molecule has 3 heterocycles. The number of pyridine rings is 1. The van der Waals surface area contributed by atoms with Gasteiger partial charge >= 0.3 is 18.3 Å². The molecule has 29 heavy (non-hydrogen) atoms. The molecule has 0 saturated heterocycles. The Morgan fingerprint density at radius 2 is 1.66 bits per heavy atom. The molecule has 14 heteroatoms. The largest absolute Gasteiger partial charge is 0.455 e. The van der Waals surface area contributed by atoms with Crippen LogP contribution in [-0.4, -0.2) is 31.3 Å². The summed E-state index contributed by atoms with van der Waals surface area (Å²) in [7, 11) is 0. The first kappa shape index (κ1) is 21.0. The third-order valence-electron chi connectivity index (χ3n) is 3.75. The zero-order valence-electron chi connectivity index (χ0n) is 13.7. The van der Waals surface area contributed by atoms with Crippen molar-refractivity contribution < 1.29 is 35.1 Å². The van der Waals surface area contributed by atoms with Crippen LogP contribution in [0, 0.1) is 0 Å². The Morgan fingerprint density at radius 1 is 1.00 bits per heavy atom. The van der Waals surface area contributed by atoms with Crippen LogP contribution in [0.5, 0.6) is 0 Å². The van der Waals surface area contributed by atoms with E-state index >= 15 is 0 Å². The average Bonchev–Trinajstić information content (AvgIpc) is 3.00. The number of hydrogen-bond acceptors (Lipinski definition) is 3. The highest BCUT2D eigenvalue weighted by atomic mass is 35.5. The number of nitrogens with zero attached hydrogens (tertiary/aromatic N) is 4. The predicted octanol–water partition coefficient (Wildman–Crippen LogP) is 4.43. The fourth-order valence-corrected chi connectivity index (χ4v) is 2.61. The van der Waals surface area contributed by atoms with Gasteiger partial charge in [0, 0.05) is 18.0 Å². The molecule has 0 atom stereocenters. The van der Waals surface area contributed by atoms with Gasteiger partial charge < -0.3 is 0 Å². The van der Waals surface area contributed by atoms with E-state index in [0.717, 1.165) is 12.3 Å². The van der Waals surface area contributed by atoms with Crippen LogP contribution in [-0.2, 0) is 12.7 Å². The zero-order chi connectivity index (χ0) is 21.8. The van der Waals surface area contributed by atoms with Gasteiger partial charge in [-0.1, -0.05) is 11.6 Å². The summed E-state index contributed by atoms with van der Waals surface area (Å²) >= 11 is 5.72. The minimum atomic E-state index is -5.89. The van der Waals surface area contributed by atoms with Gasteiger partial charge in [0.05, 0.1) is 16.8 Å². The molecule has 0 aromatic carbocycles. The highest BCUT2D eigenvalue weighted by molar-refractivity contribution is 6.30. The van der Waals surface area contributed by atoms with E-state index in [2.05, 4.69) is 10.1 Å². The van der Waals surface area contributed by atoms with Crippen molar-refractivity contribution in [3.8, 4) is 11.1 Å². The summed E-state index contributed by atoms with van der Waals surface area (Å²) in [6.45, 7) is -1.98. The number of rotatable bonds is 3. The molecule has 3 aromatic heterocycles. The van der Waals surface area contributed by atoms with Crippen molar-refractivity contribution in [2.75, 3.05) is 0 Å². The molecule has 0 unspecified atom stereocenters. The predicted molar refractivity (Wildman–Crippen MR) is 83.7 cm³/mol. The summed E-state index contributed by atoms with van der Waals surface area (Å²) < 4.78 is 104. The Labute approximate surface area is 160 Å². The molecule has 0 saturated carbocycles. The Balaban J connectivity index is 2.19. The van der Waals surface area contributed by atoms with E-state index in [1.807, 2.05) is 0 Å². The van der Waals surface area contributed by atoms with Crippen LogP contribution in [0.15, 0.2) is 35.5 Å². The summed E-state index contributed by atoms with van der Waals surface area (Å²) in [6, 6.07) is 2.25. The number of fused-ring (bicyclic) bond motifs is 1. The van der Waals surface area contributed by atoms with E-state index in [4.69, 9.17) is 11.6 Å². The fourth-order valence-electron chi connectivity index (χ4n) is 2.45. The molecule has 0 fully saturated rings. The van der Waals surface area contributed by atoms with Crippen molar-refractivity contribution in [1.82, 2.24) is 19.2 Å². The first-order valence-electron chi connectivity index (χ1n) is 7.47. The molecule has 0 aliphatic rings. The lowest BCUT2D eigenvalue weighted by atomic mass is 10.1. The molecule has 156 valence electrons. The number of hydrogen-bond donors (Lipinski definition) is 0. The second-order valence-electron chi connectivity index (χ2n) is 5.84. The van der Waals surface area contributed by atoms with Gasteiger partial charge in [0.2, 0.25) is 0 Å². The first-order chi connectivity index (χ1) is 13.2. The van der Waals surface area contributed by atoms with Crippen molar-refractivity contribution in [2.45, 2.75) is 24.8 Å². The van der Waals surface area contributed by atoms with Crippen molar-refractivity contribution in [3.05, 3.63) is 51.8 Å². The van der Waals surface area contributed by atoms with Crippen LogP contribution >= 0.6 is 11.6 Å². The van der Waals surface area contributed by atoms with E-state index in [1.165, 1.54) is 6.07 Å². The summed E-state index contributed by atoms with van der Waals surface area (Å²) in [5, 5.41) is 3.21. The number of halogens is 9. The van der Waals surface area contributed by atoms with Gasteiger partial charge in [-0.3, -0.25) is 13.9 Å². The van der Waals surface area contributed by atoms with E-state index < -0.39 is 52.8 Å². The van der Waals surface area contributed by atoms with Crippen LogP contribution in [0.4, 0.5) is 35.1 Å². The first-order valence-corrected chi connectivity index (χ1v) is 7.85. The maximum Gasteiger partial charge on any atom is 0.455 e. The molecule has 0 spiro atoms. The van der Waals surface area contributed by atoms with E-state index in [0.29, 0.717) is 16.8 Å². The topological polar surface area (TPSA) is 52.2 Å². The SMILES string of the molecule is O=c1c(-c2cnn(CC(F)(F)C(F)(F)F)c2)c(C(F)(F)F)nc2ccc(Cl)cn12. The smallest absolute Gasteiger partial charge is 0.268 e. The van der Waals surface area contributed by atoms with Crippen LogP contribution < -0.4 is 5.56 Å². The van der Waals surface area contributed by atoms with Crippen LogP contribution in [0.2, 0.25) is 5.02 Å². The molecular formula is C15H7ClF8N4O. The van der Waals surface area contributed by atoms with Gasteiger partial charge in [-0.2, -0.15) is 40.2 Å².